The van der Waals surface area contributed by atoms with Crippen molar-refractivity contribution in [1.29, 1.82) is 0 Å². The second-order valence-corrected chi connectivity index (χ2v) is 8.01. The Kier molecular flexibility index (Phi) is 9.81. The van der Waals surface area contributed by atoms with E-state index in [9.17, 15) is 19.5 Å². The molecule has 1 saturated carbocycles. The van der Waals surface area contributed by atoms with Crippen LogP contribution in [0.3, 0.4) is 0 Å². The lowest BCUT2D eigenvalue weighted by atomic mass is 9.98. The Balaban J connectivity index is 0.000000220. The Bertz CT molecular complexity index is 803. The maximum atomic E-state index is 11.5. The summed E-state index contributed by atoms with van der Waals surface area (Å²) in [6.07, 6.45) is 7.16. The lowest BCUT2D eigenvalue weighted by molar-refractivity contribution is -0.138. The number of nitrogens with one attached hydrogen (secondary N) is 1. The molecule has 0 radical (unpaired) electrons. The van der Waals surface area contributed by atoms with Crippen LogP contribution in [0.2, 0.25) is 5.02 Å². The van der Waals surface area contributed by atoms with Gasteiger partial charge in [-0.15, -0.1) is 0 Å². The molecule has 8 nitrogen and oxygen atoms in total. The normalized spacial score (nSPS) is 17.1. The van der Waals surface area contributed by atoms with Gasteiger partial charge in [-0.25, -0.2) is 0 Å². The Morgan fingerprint density at radius 1 is 1.19 bits per heavy atom. The molecule has 1 aromatic carbocycles. The number of ether oxygens (including phenoxy) is 1. The highest BCUT2D eigenvalue weighted by molar-refractivity contribution is 6.30. The SMILES string of the molecule is CN1CCC(O)=C(C(=O)NCC(=O)O)C1=O.Clc1ccc(COC2CCCCC2)cc1. The van der Waals surface area contributed by atoms with E-state index in [1.54, 1.807) is 0 Å². The fourth-order valence-electron chi connectivity index (χ4n) is 3.31. The highest BCUT2D eigenvalue weighted by atomic mass is 35.5. The molecule has 2 aliphatic rings. The summed E-state index contributed by atoms with van der Waals surface area (Å²) in [6.45, 7) is 0.467. The number of aliphatic carboxylic acids is 1. The van der Waals surface area contributed by atoms with Crippen molar-refractivity contribution < 1.29 is 29.3 Å². The lowest BCUT2D eigenvalue weighted by Crippen LogP contribution is -2.41. The number of carbonyl (C=O) groups is 3. The van der Waals surface area contributed by atoms with E-state index in [2.05, 4.69) is 0 Å². The molecule has 0 aromatic heterocycles. The van der Waals surface area contributed by atoms with E-state index in [-0.39, 0.29) is 17.8 Å². The third kappa shape index (κ3) is 8.22. The van der Waals surface area contributed by atoms with Gasteiger partial charge in [0.15, 0.2) is 0 Å². The fourth-order valence-corrected chi connectivity index (χ4v) is 3.44. The van der Waals surface area contributed by atoms with Crippen molar-refractivity contribution in [2.45, 2.75) is 51.2 Å². The molecule has 1 aromatic rings. The third-order valence-electron chi connectivity index (χ3n) is 5.11. The van der Waals surface area contributed by atoms with Gasteiger partial charge in [0.05, 0.1) is 12.7 Å². The molecule has 1 heterocycles. The smallest absolute Gasteiger partial charge is 0.322 e. The predicted octanol–water partition coefficient (Wildman–Crippen LogP) is 3.05. The summed E-state index contributed by atoms with van der Waals surface area (Å²) in [5.41, 5.74) is 0.833. The minimum absolute atomic E-state index is 0.193. The first-order valence-electron chi connectivity index (χ1n) is 10.3. The Morgan fingerprint density at radius 3 is 2.45 bits per heavy atom. The maximum Gasteiger partial charge on any atom is 0.322 e. The predicted molar refractivity (Wildman–Crippen MR) is 116 cm³/mol. The van der Waals surface area contributed by atoms with Crippen molar-refractivity contribution >= 4 is 29.4 Å². The fraction of sp³-hybridized carbons (Fsp3) is 0.500. The van der Waals surface area contributed by atoms with Crippen LogP contribution in [0.25, 0.3) is 0 Å². The van der Waals surface area contributed by atoms with Crippen LogP contribution in [0.5, 0.6) is 0 Å². The van der Waals surface area contributed by atoms with Gasteiger partial charge in [0, 0.05) is 25.0 Å². The van der Waals surface area contributed by atoms with Crippen LogP contribution in [0.4, 0.5) is 0 Å². The van der Waals surface area contributed by atoms with E-state index in [0.717, 1.165) is 11.6 Å². The molecule has 0 atom stereocenters. The molecular formula is C22H29ClN2O6. The molecule has 0 spiro atoms. The minimum Gasteiger partial charge on any atom is -0.511 e. The van der Waals surface area contributed by atoms with Gasteiger partial charge in [-0.2, -0.15) is 0 Å². The Hall–Kier alpha value is -2.58. The molecule has 170 valence electrons. The van der Waals surface area contributed by atoms with Crippen molar-refractivity contribution in [3.63, 3.8) is 0 Å². The van der Waals surface area contributed by atoms with Crippen LogP contribution >= 0.6 is 11.6 Å². The van der Waals surface area contributed by atoms with Gasteiger partial charge >= 0.3 is 5.97 Å². The van der Waals surface area contributed by atoms with Crippen LogP contribution in [0.1, 0.15) is 44.1 Å². The van der Waals surface area contributed by atoms with Crippen molar-refractivity contribution in [1.82, 2.24) is 10.2 Å². The summed E-state index contributed by atoms with van der Waals surface area (Å²) in [7, 11) is 1.50. The number of benzene rings is 1. The molecule has 1 fully saturated rings. The number of carboxylic acid groups (broad SMARTS) is 1. The molecule has 1 aliphatic carbocycles. The number of hydrogen-bond donors (Lipinski definition) is 3. The quantitative estimate of drug-likeness (QED) is 0.571. The Morgan fingerprint density at radius 2 is 1.84 bits per heavy atom. The standard InChI is InChI=1S/C13H17ClO.C9H12N2O5/c14-12-8-6-11(7-9-12)10-15-13-4-2-1-3-5-13;1-11-3-2-5(12)7(9(11)16)8(15)10-4-6(13)14/h6-9,13H,1-5,10H2;12H,2-4H2,1H3,(H,10,15)(H,13,14). The number of amides is 2. The van der Waals surface area contributed by atoms with E-state index >= 15 is 0 Å². The first-order valence-corrected chi connectivity index (χ1v) is 10.7. The van der Waals surface area contributed by atoms with Gasteiger partial charge in [0.1, 0.15) is 17.9 Å². The molecular weight excluding hydrogens is 424 g/mol. The van der Waals surface area contributed by atoms with Crippen molar-refractivity contribution in [3.05, 3.63) is 46.2 Å². The number of rotatable bonds is 6. The highest BCUT2D eigenvalue weighted by Gasteiger charge is 2.30. The molecule has 3 rings (SSSR count). The van der Waals surface area contributed by atoms with Crippen LogP contribution in [-0.4, -0.2) is 59.1 Å². The number of likely N-dealkylation sites (N-methyl/N-ethyl adjacent to an activating group) is 1. The summed E-state index contributed by atoms with van der Waals surface area (Å²) in [6, 6.07) is 7.90. The van der Waals surface area contributed by atoms with Crippen LogP contribution in [0.15, 0.2) is 35.6 Å². The van der Waals surface area contributed by atoms with Crippen LogP contribution in [-0.2, 0) is 25.7 Å². The number of aliphatic hydroxyl groups excluding tert-OH is 1. The summed E-state index contributed by atoms with van der Waals surface area (Å²) >= 11 is 5.82. The lowest BCUT2D eigenvalue weighted by Gasteiger charge is -2.23. The molecule has 2 amide bonds. The van der Waals surface area contributed by atoms with Gasteiger partial charge in [0.2, 0.25) is 0 Å². The van der Waals surface area contributed by atoms with Crippen LogP contribution in [0, 0.1) is 0 Å². The topological polar surface area (TPSA) is 116 Å². The average molecular weight is 453 g/mol. The molecule has 0 bridgehead atoms. The van der Waals surface area contributed by atoms with Gasteiger partial charge in [-0.3, -0.25) is 14.4 Å². The van der Waals surface area contributed by atoms with Gasteiger partial charge < -0.3 is 25.2 Å². The zero-order valence-electron chi connectivity index (χ0n) is 17.6. The van der Waals surface area contributed by atoms with E-state index in [1.165, 1.54) is 49.6 Å². The second-order valence-electron chi connectivity index (χ2n) is 7.57. The van der Waals surface area contributed by atoms with Crippen molar-refractivity contribution in [3.8, 4) is 0 Å². The van der Waals surface area contributed by atoms with Gasteiger partial charge in [-0.1, -0.05) is 43.0 Å². The Labute approximate surface area is 186 Å². The second kappa shape index (κ2) is 12.3. The number of hydrogen-bond acceptors (Lipinski definition) is 5. The first-order chi connectivity index (χ1) is 14.8. The van der Waals surface area contributed by atoms with Gasteiger partial charge in [0.25, 0.3) is 11.8 Å². The van der Waals surface area contributed by atoms with E-state index in [1.807, 2.05) is 29.6 Å². The highest BCUT2D eigenvalue weighted by Crippen LogP contribution is 2.21. The molecule has 9 heteroatoms. The molecule has 0 unspecified atom stereocenters. The van der Waals surface area contributed by atoms with Gasteiger partial charge in [-0.05, 0) is 30.5 Å². The van der Waals surface area contributed by atoms with Crippen LogP contribution < -0.4 is 5.32 Å². The summed E-state index contributed by atoms with van der Waals surface area (Å²) in [5.74, 6) is -2.99. The number of carbonyl (C=O) groups excluding carboxylic acids is 2. The zero-order valence-corrected chi connectivity index (χ0v) is 18.4. The monoisotopic (exact) mass is 452 g/mol. The third-order valence-corrected chi connectivity index (χ3v) is 5.36. The number of halogens is 1. The molecule has 3 N–H and O–H groups in total. The average Bonchev–Trinajstić information content (AvgIpc) is 2.76. The maximum absolute atomic E-state index is 11.5. The van der Waals surface area contributed by atoms with E-state index in [4.69, 9.17) is 21.4 Å². The minimum atomic E-state index is -1.22. The van der Waals surface area contributed by atoms with Crippen molar-refractivity contribution in [2.24, 2.45) is 0 Å². The zero-order chi connectivity index (χ0) is 22.8. The van der Waals surface area contributed by atoms with E-state index < -0.39 is 24.3 Å². The number of nitrogens with zero attached hydrogens (tertiary/aromatic N) is 1. The summed E-state index contributed by atoms with van der Waals surface area (Å²) < 4.78 is 5.87. The van der Waals surface area contributed by atoms with Crippen molar-refractivity contribution in [2.75, 3.05) is 20.1 Å². The molecule has 0 saturated heterocycles. The molecule has 1 aliphatic heterocycles. The van der Waals surface area contributed by atoms with E-state index in [0.29, 0.717) is 12.6 Å². The summed E-state index contributed by atoms with van der Waals surface area (Å²) in [5, 5.41) is 20.6. The molecule has 31 heavy (non-hydrogen) atoms. The number of carboxylic acids is 1. The summed E-state index contributed by atoms with van der Waals surface area (Å²) in [4.78, 5) is 34.5. The first kappa shape index (κ1) is 24.7. The largest absolute Gasteiger partial charge is 0.511 e. The number of aliphatic hydroxyl groups is 1.